The van der Waals surface area contributed by atoms with Gasteiger partial charge in [-0.25, -0.2) is 5.43 Å². The zero-order valence-corrected chi connectivity index (χ0v) is 16.7. The molecule has 1 aliphatic heterocycles. The van der Waals surface area contributed by atoms with Gasteiger partial charge in [0.15, 0.2) is 0 Å². The van der Waals surface area contributed by atoms with Gasteiger partial charge in [-0.3, -0.25) is 14.4 Å². The number of hydrazone groups is 1. The maximum Gasteiger partial charge on any atom is 0.243 e. The number of rotatable bonds is 5. The molecule has 1 aliphatic rings. The molecule has 0 spiro atoms. The van der Waals surface area contributed by atoms with E-state index in [9.17, 15) is 4.79 Å². The second-order valence-electron chi connectivity index (χ2n) is 6.75. The summed E-state index contributed by atoms with van der Waals surface area (Å²) in [7, 11) is 1.87. The summed E-state index contributed by atoms with van der Waals surface area (Å²) in [4.78, 5) is 14.7. The van der Waals surface area contributed by atoms with Crippen molar-refractivity contribution >= 4 is 28.1 Å². The lowest BCUT2D eigenvalue weighted by Crippen LogP contribution is -2.39. The number of aromatic nitrogens is 2. The van der Waals surface area contributed by atoms with E-state index in [0.29, 0.717) is 0 Å². The van der Waals surface area contributed by atoms with Crippen molar-refractivity contribution in [3.05, 3.63) is 51.8 Å². The minimum atomic E-state index is 0.00563. The number of carbonyl (C=O) groups is 1. The normalized spacial score (nSPS) is 16.3. The van der Waals surface area contributed by atoms with E-state index < -0.39 is 0 Å². The number of nitrogens with one attached hydrogen (secondary N) is 1. The van der Waals surface area contributed by atoms with E-state index in [2.05, 4.69) is 60.7 Å². The molecule has 0 atom stereocenters. The highest BCUT2D eigenvalue weighted by Gasteiger charge is 2.24. The minimum Gasteiger partial charge on any atom is -0.299 e. The maximum absolute atomic E-state index is 12.3. The largest absolute Gasteiger partial charge is 0.299 e. The van der Waals surface area contributed by atoms with Gasteiger partial charge >= 0.3 is 0 Å². The van der Waals surface area contributed by atoms with Crippen molar-refractivity contribution in [3.63, 3.8) is 0 Å². The number of halogens is 1. The molecule has 6 nitrogen and oxygen atoms in total. The second-order valence-corrected chi connectivity index (χ2v) is 7.67. The average Bonchev–Trinajstić information content (AvgIpc) is 2.95. The number of piperidine rings is 1. The van der Waals surface area contributed by atoms with Gasteiger partial charge < -0.3 is 0 Å². The number of amides is 1. The average molecular weight is 418 g/mol. The third-order valence-electron chi connectivity index (χ3n) is 4.71. The number of aryl methyl sites for hydroxylation is 2. The standard InChI is InChI=1S/C19H24BrN5O/c1-14-17(13-24(2)23-14)11-21-22-19(26)16-7-9-25(10-8-16)12-15-3-5-18(20)6-4-15/h3-6,11,13,16H,7-10,12H2,1-2H3,(H,22,26)/b21-11+. The summed E-state index contributed by atoms with van der Waals surface area (Å²) in [5.74, 6) is 0.0365. The highest BCUT2D eigenvalue weighted by molar-refractivity contribution is 9.10. The lowest BCUT2D eigenvalue weighted by atomic mass is 9.96. The summed E-state index contributed by atoms with van der Waals surface area (Å²) in [6.07, 6.45) is 5.27. The third-order valence-corrected chi connectivity index (χ3v) is 5.24. The van der Waals surface area contributed by atoms with Crippen molar-refractivity contribution in [3.8, 4) is 0 Å². The van der Waals surface area contributed by atoms with Crippen LogP contribution >= 0.6 is 15.9 Å². The molecule has 1 amide bonds. The van der Waals surface area contributed by atoms with Crippen LogP contribution in [-0.2, 0) is 18.4 Å². The molecule has 0 bridgehead atoms. The van der Waals surface area contributed by atoms with Crippen LogP contribution in [0.25, 0.3) is 0 Å². The SMILES string of the molecule is Cc1nn(C)cc1/C=N/NC(=O)C1CCN(Cc2ccc(Br)cc2)CC1. The van der Waals surface area contributed by atoms with Gasteiger partial charge in [-0.2, -0.15) is 10.2 Å². The Morgan fingerprint density at radius 2 is 2.04 bits per heavy atom. The van der Waals surface area contributed by atoms with E-state index in [-0.39, 0.29) is 11.8 Å². The molecule has 1 saturated heterocycles. The number of hydrogen-bond acceptors (Lipinski definition) is 4. The fraction of sp³-hybridized carbons (Fsp3) is 0.421. The molecule has 2 heterocycles. The van der Waals surface area contributed by atoms with E-state index in [1.807, 2.05) is 20.2 Å². The highest BCUT2D eigenvalue weighted by Crippen LogP contribution is 2.20. The number of nitrogens with zero attached hydrogens (tertiary/aromatic N) is 4. The van der Waals surface area contributed by atoms with Crippen LogP contribution in [0, 0.1) is 12.8 Å². The summed E-state index contributed by atoms with van der Waals surface area (Å²) < 4.78 is 2.83. The van der Waals surface area contributed by atoms with Crippen molar-refractivity contribution in [2.45, 2.75) is 26.3 Å². The van der Waals surface area contributed by atoms with Gasteiger partial charge in [-0.1, -0.05) is 28.1 Å². The van der Waals surface area contributed by atoms with Crippen LogP contribution in [0.1, 0.15) is 29.7 Å². The number of likely N-dealkylation sites (tertiary alicyclic amines) is 1. The third kappa shape index (κ3) is 5.02. The first-order chi connectivity index (χ1) is 12.5. The predicted octanol–water partition coefficient (Wildman–Crippen LogP) is 2.85. The summed E-state index contributed by atoms with van der Waals surface area (Å²) in [6.45, 7) is 4.71. The Balaban J connectivity index is 1.44. The minimum absolute atomic E-state index is 0.00563. The molecule has 0 radical (unpaired) electrons. The van der Waals surface area contributed by atoms with Crippen LogP contribution in [-0.4, -0.2) is 39.9 Å². The first kappa shape index (κ1) is 18.8. The molecule has 1 aromatic carbocycles. The van der Waals surface area contributed by atoms with Crippen molar-refractivity contribution in [1.82, 2.24) is 20.1 Å². The van der Waals surface area contributed by atoms with Crippen LogP contribution in [0.15, 0.2) is 40.0 Å². The van der Waals surface area contributed by atoms with Gasteiger partial charge in [0, 0.05) is 35.7 Å². The summed E-state index contributed by atoms with van der Waals surface area (Å²) in [6, 6.07) is 8.41. The van der Waals surface area contributed by atoms with Crippen LogP contribution in [0.5, 0.6) is 0 Å². The molecule has 0 unspecified atom stereocenters. The molecule has 0 saturated carbocycles. The highest BCUT2D eigenvalue weighted by atomic mass is 79.9. The van der Waals surface area contributed by atoms with Gasteiger partial charge in [0.2, 0.25) is 5.91 Å². The Morgan fingerprint density at radius 1 is 1.35 bits per heavy atom. The Hall–Kier alpha value is -1.99. The van der Waals surface area contributed by atoms with E-state index in [4.69, 9.17) is 0 Å². The first-order valence-corrected chi connectivity index (χ1v) is 9.60. The van der Waals surface area contributed by atoms with Crippen LogP contribution < -0.4 is 5.43 Å². The lowest BCUT2D eigenvalue weighted by Gasteiger charge is -2.30. The van der Waals surface area contributed by atoms with E-state index >= 15 is 0 Å². The van der Waals surface area contributed by atoms with Crippen molar-refractivity contribution in [1.29, 1.82) is 0 Å². The monoisotopic (exact) mass is 417 g/mol. The van der Waals surface area contributed by atoms with Crippen LogP contribution in [0.2, 0.25) is 0 Å². The van der Waals surface area contributed by atoms with Crippen molar-refractivity contribution < 1.29 is 4.79 Å². The van der Waals surface area contributed by atoms with Gasteiger partial charge in [-0.05, 0) is 50.6 Å². The zero-order valence-electron chi connectivity index (χ0n) is 15.2. The number of hydrogen-bond donors (Lipinski definition) is 1. The fourth-order valence-electron chi connectivity index (χ4n) is 3.20. The number of benzene rings is 1. The zero-order chi connectivity index (χ0) is 18.5. The molecule has 1 aromatic heterocycles. The van der Waals surface area contributed by atoms with E-state index in [1.54, 1.807) is 10.9 Å². The Kier molecular flexibility index (Phi) is 6.21. The van der Waals surface area contributed by atoms with Crippen molar-refractivity contribution in [2.24, 2.45) is 18.1 Å². The van der Waals surface area contributed by atoms with E-state index in [1.165, 1.54) is 5.56 Å². The van der Waals surface area contributed by atoms with Gasteiger partial charge in [0.25, 0.3) is 0 Å². The second kappa shape index (κ2) is 8.60. The Morgan fingerprint density at radius 3 is 2.65 bits per heavy atom. The Labute approximate surface area is 162 Å². The summed E-state index contributed by atoms with van der Waals surface area (Å²) in [5, 5.41) is 8.34. The van der Waals surface area contributed by atoms with Gasteiger partial charge in [-0.15, -0.1) is 0 Å². The summed E-state index contributed by atoms with van der Waals surface area (Å²) >= 11 is 3.46. The van der Waals surface area contributed by atoms with Crippen molar-refractivity contribution in [2.75, 3.05) is 13.1 Å². The molecular weight excluding hydrogens is 394 g/mol. The fourth-order valence-corrected chi connectivity index (χ4v) is 3.47. The van der Waals surface area contributed by atoms with Crippen LogP contribution in [0.4, 0.5) is 0 Å². The first-order valence-electron chi connectivity index (χ1n) is 8.81. The molecule has 1 fully saturated rings. The smallest absolute Gasteiger partial charge is 0.243 e. The van der Waals surface area contributed by atoms with Gasteiger partial charge in [0.05, 0.1) is 11.9 Å². The maximum atomic E-state index is 12.3. The molecule has 7 heteroatoms. The van der Waals surface area contributed by atoms with Crippen LogP contribution in [0.3, 0.4) is 0 Å². The molecule has 26 heavy (non-hydrogen) atoms. The predicted molar refractivity (Wildman–Crippen MR) is 106 cm³/mol. The Bertz CT molecular complexity index is 776. The molecule has 1 N–H and O–H groups in total. The molecule has 0 aliphatic carbocycles. The lowest BCUT2D eigenvalue weighted by molar-refractivity contribution is -0.126. The van der Waals surface area contributed by atoms with Gasteiger partial charge in [0.1, 0.15) is 0 Å². The topological polar surface area (TPSA) is 62.5 Å². The molecule has 3 rings (SSSR count). The summed E-state index contributed by atoms with van der Waals surface area (Å²) in [5.41, 5.74) is 5.79. The molecule has 2 aromatic rings. The van der Waals surface area contributed by atoms with E-state index in [0.717, 1.165) is 48.2 Å². The quantitative estimate of drug-likeness (QED) is 0.600. The number of carbonyl (C=O) groups excluding carboxylic acids is 1. The molecule has 138 valence electrons. The molecular formula is C19H24BrN5O.